The molecule has 17 rings (SSSR count). The minimum absolute atomic E-state index is 0.0256. The molecule has 6 aliphatic carbocycles. The summed E-state index contributed by atoms with van der Waals surface area (Å²) in [5, 5.41) is 24.5. The molecule has 2 atom stereocenters. The average molecular weight is 1430 g/mol. The van der Waals surface area contributed by atoms with Crippen LogP contribution in [0.15, 0.2) is 112 Å². The van der Waals surface area contributed by atoms with E-state index in [0.717, 1.165) is 101 Å². The first-order chi connectivity index (χ1) is 49.2. The minimum atomic E-state index is -4.58. The first kappa shape index (κ1) is 61.3. The summed E-state index contributed by atoms with van der Waals surface area (Å²) in [7, 11) is -13.3. The van der Waals surface area contributed by atoms with Crippen LogP contribution >= 0.6 is 0 Å². The highest BCUT2D eigenvalue weighted by Gasteiger charge is 2.86. The van der Waals surface area contributed by atoms with Gasteiger partial charge in [-0.05, 0) is 243 Å². The van der Waals surface area contributed by atoms with E-state index >= 15 is 0 Å². The van der Waals surface area contributed by atoms with Crippen LogP contribution in [0.1, 0.15) is 162 Å². The van der Waals surface area contributed by atoms with E-state index in [1.54, 1.807) is 54.9 Å². The van der Waals surface area contributed by atoms with Gasteiger partial charge in [0.2, 0.25) is 11.8 Å². The zero-order chi connectivity index (χ0) is 73.2. The number of anilines is 4. The molecule has 5 N–H and O–H groups in total. The zero-order valence-corrected chi connectivity index (χ0v) is 58.8. The highest BCUT2D eigenvalue weighted by Crippen LogP contribution is 2.94. The number of hydrogen-bond acceptors (Lipinski definition) is 22. The van der Waals surface area contributed by atoms with Crippen molar-refractivity contribution in [3.63, 3.8) is 0 Å². The van der Waals surface area contributed by atoms with E-state index in [-0.39, 0.29) is 121 Å². The zero-order valence-electron chi connectivity index (χ0n) is 60.3. The van der Waals surface area contributed by atoms with Crippen molar-refractivity contribution in [3.05, 3.63) is 114 Å². The fourth-order valence-electron chi connectivity index (χ4n) is 17.2. The minimum Gasteiger partial charge on any atom is -0.504 e. The van der Waals surface area contributed by atoms with Crippen LogP contribution in [-0.2, 0) is 30.2 Å². The van der Waals surface area contributed by atoms with Crippen LogP contribution in [0.3, 0.4) is 0 Å². The summed E-state index contributed by atoms with van der Waals surface area (Å²) in [5.74, 6) is 0.279. The highest BCUT2D eigenvalue weighted by molar-refractivity contribution is 7.90. The van der Waals surface area contributed by atoms with E-state index in [1.165, 1.54) is 39.7 Å². The Hall–Kier alpha value is -8.57. The second-order valence-corrected chi connectivity index (χ2v) is 34.9. The van der Waals surface area contributed by atoms with E-state index < -0.39 is 70.3 Å². The second-order valence-electron chi connectivity index (χ2n) is 30.1. The van der Waals surface area contributed by atoms with Gasteiger partial charge in [-0.1, -0.05) is 17.7 Å². The lowest BCUT2D eigenvalue weighted by Gasteiger charge is -2.34. The lowest BCUT2D eigenvalue weighted by molar-refractivity contribution is 0.0972. The van der Waals surface area contributed by atoms with E-state index in [1.807, 2.05) is 11.8 Å². The lowest BCUT2D eigenvalue weighted by Crippen LogP contribution is -2.41. The molecular weight excluding hydrogens is 1340 g/mol. The van der Waals surface area contributed by atoms with E-state index in [4.69, 9.17) is 29.1 Å². The number of nitrogens with zero attached hydrogens (tertiary/aromatic N) is 10. The maximum atomic E-state index is 14.0. The van der Waals surface area contributed by atoms with Gasteiger partial charge in [0.15, 0.2) is 44.8 Å². The summed E-state index contributed by atoms with van der Waals surface area (Å²) >= 11 is 0. The Labute approximate surface area is 587 Å². The Bertz CT molecular complexity index is 4970. The van der Waals surface area contributed by atoms with Gasteiger partial charge in [-0.25, -0.2) is 38.7 Å². The van der Waals surface area contributed by atoms with Crippen molar-refractivity contribution in [2.24, 2.45) is 45.3 Å². The van der Waals surface area contributed by atoms with Crippen LogP contribution < -0.4 is 43.5 Å². The van der Waals surface area contributed by atoms with E-state index in [0.29, 0.717) is 50.1 Å². The molecule has 10 heterocycles. The number of ether oxygens (including phenoxy) is 2. The molecule has 4 spiro atoms. The molecule has 1 aromatic carbocycles. The van der Waals surface area contributed by atoms with E-state index in [2.05, 4.69) is 72.8 Å². The van der Waals surface area contributed by atoms with Crippen molar-refractivity contribution in [2.45, 2.75) is 163 Å². The first-order valence-corrected chi connectivity index (χ1v) is 38.8. The van der Waals surface area contributed by atoms with Crippen molar-refractivity contribution < 1.29 is 59.1 Å². The van der Waals surface area contributed by atoms with Crippen molar-refractivity contribution >= 4 is 65.3 Å². The molecule has 6 aromatic heterocycles. The number of fused-ring (bicyclic) bond motifs is 14. The summed E-state index contributed by atoms with van der Waals surface area (Å²) in [4.78, 5) is 49.8. The molecular formula is C71H84N14O12S3. The number of amides is 2. The molecule has 100 heavy (non-hydrogen) atoms. The molecule has 10 aliphatic rings. The Balaban J connectivity index is 0.000000163. The standard InChI is InChI=1S/C39H45N7O7S2.C32H39N7O5S/c1-25-6-8-27(9-7-25)55(50,51)53-29-11-13-33-42-34(29)40-20-4-5-26-23-37(2,3)45(24-26)35-28(36(47)44-54(33,48)49)10-12-31(41-35)46-21-14-32(43-46)52-22-15-30-38(16-17-38)39(30)18-19-39;1-30(2)18-20-4-3-15-33-27-22(40)6-8-26(35-27)45(42,43)37-29(41)21-5-7-24(34-28(21)38(30)19-20)39-16-9-25(36-39)44-17-10-23-31(11-12-31)32(23)13-14-32/h6-14,21,26,30H,4-5,15-20,22-24H2,1-3H3,(H,40,42)(H,44,47);5-9,16,20,23,40H,3-4,10-15,17-19H2,1-2H3,(H,33,35)(H,37,41)/t26-;20-/m00/s1/i15D2;10D2. The summed E-state index contributed by atoms with van der Waals surface area (Å²) in [5.41, 5.74) is 0.939. The summed E-state index contributed by atoms with van der Waals surface area (Å²) in [6.45, 7) is 11.9. The molecule has 29 heteroatoms. The molecule has 2 saturated heterocycles. The quantitative estimate of drug-likeness (QED) is 0.0670. The number of pyridine rings is 4. The van der Waals surface area contributed by atoms with Crippen LogP contribution in [0.4, 0.5) is 23.3 Å². The van der Waals surface area contributed by atoms with Crippen molar-refractivity contribution in [1.82, 2.24) is 48.9 Å². The van der Waals surface area contributed by atoms with Gasteiger partial charge in [0.25, 0.3) is 31.9 Å². The van der Waals surface area contributed by atoms with Gasteiger partial charge in [0.05, 0.1) is 24.3 Å². The lowest BCUT2D eigenvalue weighted by atomic mass is 9.93. The van der Waals surface area contributed by atoms with Gasteiger partial charge in [-0.15, -0.1) is 10.2 Å². The summed E-state index contributed by atoms with van der Waals surface area (Å²) < 4.78 is 140. The third-order valence-electron chi connectivity index (χ3n) is 22.8. The molecule has 0 unspecified atom stereocenters. The highest BCUT2D eigenvalue weighted by atomic mass is 32.2. The number of sulfonamides is 2. The molecule has 8 fully saturated rings. The predicted octanol–water partition coefficient (Wildman–Crippen LogP) is 9.88. The molecule has 2 amide bonds. The normalized spacial score (nSPS) is 24.7. The van der Waals surface area contributed by atoms with Gasteiger partial charge in [-0.3, -0.25) is 9.59 Å². The Morgan fingerprint density at radius 2 is 1.02 bits per heavy atom. The number of aryl methyl sites for hydroxylation is 1. The van der Waals surface area contributed by atoms with Gasteiger partial charge in [0, 0.05) is 67.3 Å². The molecule has 4 aliphatic heterocycles. The molecule has 6 saturated carbocycles. The SMILES string of the molecule is [2H]C([2H])(COc1ccn(-c2ccc3c(n2)N2C[C@@H](CCCNc4nc(ccc4O)S(=O)(=O)NC3=O)CC2(C)C)n1)C1C2(CC2)C12CC2.[2H]C([2H])(COc1ccn(-c2ccc3c(n2)N2C[C@@H](CCCNc4nc(ccc4OS(=O)(=O)c4ccc(C)cc4)S(=O)(=O)NC3=O)CC2(C)C)n1)C1C2(CC2)C12CC2. The van der Waals surface area contributed by atoms with Crippen LogP contribution in [0, 0.1) is 52.3 Å². The third kappa shape index (κ3) is 11.9. The average Bonchev–Trinajstić information content (AvgIpc) is 1.44. The summed E-state index contributed by atoms with van der Waals surface area (Å²) in [6.07, 6.45) is 14.0. The smallest absolute Gasteiger partial charge is 0.339 e. The van der Waals surface area contributed by atoms with Crippen molar-refractivity contribution in [3.8, 4) is 34.9 Å². The third-order valence-corrected chi connectivity index (χ3v) is 26.5. The van der Waals surface area contributed by atoms with E-state index in [9.17, 15) is 39.9 Å². The van der Waals surface area contributed by atoms with Crippen molar-refractivity contribution in [2.75, 3.05) is 59.8 Å². The number of benzene rings is 1. The van der Waals surface area contributed by atoms with Crippen molar-refractivity contribution in [1.29, 1.82) is 0 Å². The van der Waals surface area contributed by atoms with Gasteiger partial charge in [-0.2, -0.15) is 25.3 Å². The number of carbonyl (C=O) groups is 2. The second kappa shape index (κ2) is 23.8. The first-order valence-electron chi connectivity index (χ1n) is 36.5. The van der Waals surface area contributed by atoms with Gasteiger partial charge < -0.3 is 39.2 Å². The number of rotatable bonds is 13. The monoisotopic (exact) mass is 1420 g/mol. The Kier molecular flexibility index (Phi) is 14.6. The number of aromatic hydroxyl groups is 1. The largest absolute Gasteiger partial charge is 0.504 e. The maximum absolute atomic E-state index is 14.0. The molecule has 7 aromatic rings. The molecule has 8 bridgehead atoms. The number of hydrogen-bond donors (Lipinski definition) is 5. The van der Waals surface area contributed by atoms with Crippen LogP contribution in [0.25, 0.3) is 11.6 Å². The fourth-order valence-corrected chi connectivity index (χ4v) is 20.0. The Morgan fingerprint density at radius 3 is 1.48 bits per heavy atom. The predicted molar refractivity (Wildman–Crippen MR) is 370 cm³/mol. The number of aromatic nitrogens is 8. The van der Waals surface area contributed by atoms with Gasteiger partial charge >= 0.3 is 10.1 Å². The maximum Gasteiger partial charge on any atom is 0.339 e. The molecule has 528 valence electrons. The number of carbonyl (C=O) groups excluding carboxylic acids is 2. The Morgan fingerprint density at radius 1 is 0.580 bits per heavy atom. The van der Waals surface area contributed by atoms with Gasteiger partial charge in [0.1, 0.15) is 16.5 Å². The fraction of sp³-hybridized carbons (Fsp3) is 0.521. The summed E-state index contributed by atoms with van der Waals surface area (Å²) in [6, 6.07) is 20.3. The van der Waals surface area contributed by atoms with Crippen LogP contribution in [0.2, 0.25) is 0 Å². The van der Waals surface area contributed by atoms with Crippen LogP contribution in [-0.4, -0.2) is 132 Å². The number of nitrogens with one attached hydrogen (secondary N) is 4. The van der Waals surface area contributed by atoms with Crippen LogP contribution in [0.5, 0.6) is 23.3 Å². The molecule has 0 radical (unpaired) electrons. The molecule has 26 nitrogen and oxygen atoms in total. The topological polar surface area (TPSA) is 326 Å².